The van der Waals surface area contributed by atoms with Crippen molar-refractivity contribution in [2.45, 2.75) is 6.54 Å². The number of hydrogen-bond acceptors (Lipinski definition) is 2. The summed E-state index contributed by atoms with van der Waals surface area (Å²) in [5.74, 6) is 0. The predicted octanol–water partition coefficient (Wildman–Crippen LogP) is 1.67. The molecule has 0 bridgehead atoms. The number of ether oxygens (including phenoxy) is 1. The van der Waals surface area contributed by atoms with Crippen molar-refractivity contribution in [1.82, 2.24) is 9.63 Å². The highest BCUT2D eigenvalue weighted by Gasteiger charge is 2.14. The molecule has 1 aliphatic rings. The van der Waals surface area contributed by atoms with Crippen LogP contribution in [0, 0.1) is 0 Å². The molecule has 0 saturated carbocycles. The molecule has 0 N–H and O–H groups in total. The highest BCUT2D eigenvalue weighted by molar-refractivity contribution is 5.83. The van der Waals surface area contributed by atoms with Crippen molar-refractivity contribution >= 4 is 10.9 Å². The number of fused-ring (bicyclic) bond motifs is 1. The highest BCUT2D eigenvalue weighted by Crippen LogP contribution is 2.21. The highest BCUT2D eigenvalue weighted by atomic mass is 16.5. The third-order valence-corrected chi connectivity index (χ3v) is 3.26. The van der Waals surface area contributed by atoms with Gasteiger partial charge >= 0.3 is 0 Å². The molecular formula is C13H15N2O2. The van der Waals surface area contributed by atoms with Gasteiger partial charge in [-0.1, -0.05) is 18.2 Å². The molecule has 2 heterocycles. The molecule has 1 radical (unpaired) electrons. The van der Waals surface area contributed by atoms with Crippen molar-refractivity contribution in [3.63, 3.8) is 0 Å². The minimum absolute atomic E-state index is 0.760. The van der Waals surface area contributed by atoms with Crippen LogP contribution in [0.5, 0.6) is 0 Å². The lowest BCUT2D eigenvalue weighted by Crippen LogP contribution is -2.35. The Labute approximate surface area is 100.0 Å². The third kappa shape index (κ3) is 2.01. The van der Waals surface area contributed by atoms with Crippen LogP contribution < -0.4 is 0 Å². The summed E-state index contributed by atoms with van der Waals surface area (Å²) >= 11 is 0. The second-order valence-corrected chi connectivity index (χ2v) is 4.39. The molecular weight excluding hydrogens is 216 g/mol. The summed E-state index contributed by atoms with van der Waals surface area (Å²) in [6.45, 7) is 4.29. The number of morpholine rings is 1. The van der Waals surface area contributed by atoms with Gasteiger partial charge in [-0.3, -0.25) is 4.90 Å². The number of rotatable bonds is 2. The monoisotopic (exact) mass is 231 g/mol. The summed E-state index contributed by atoms with van der Waals surface area (Å²) in [4.78, 5) is 2.32. The van der Waals surface area contributed by atoms with Gasteiger partial charge in [-0.05, 0) is 11.6 Å². The second-order valence-electron chi connectivity index (χ2n) is 4.39. The molecule has 0 spiro atoms. The van der Waals surface area contributed by atoms with Crippen LogP contribution in [0.3, 0.4) is 0 Å². The fourth-order valence-electron chi connectivity index (χ4n) is 2.34. The van der Waals surface area contributed by atoms with Crippen LogP contribution >= 0.6 is 0 Å². The largest absolute Gasteiger partial charge is 0.379 e. The maximum Gasteiger partial charge on any atom is 0.0919 e. The number of nitrogens with zero attached hydrogens (tertiary/aromatic N) is 2. The molecule has 0 aliphatic carbocycles. The SMILES string of the molecule is [O]n1cc(CN2CCOCC2)c2ccccc21. The summed E-state index contributed by atoms with van der Waals surface area (Å²) in [5, 5.41) is 12.8. The molecule has 17 heavy (non-hydrogen) atoms. The third-order valence-electron chi connectivity index (χ3n) is 3.26. The average molecular weight is 231 g/mol. The first-order chi connectivity index (χ1) is 8.34. The van der Waals surface area contributed by atoms with Gasteiger partial charge in [-0.15, -0.1) is 4.73 Å². The Kier molecular flexibility index (Phi) is 2.74. The smallest absolute Gasteiger partial charge is 0.0919 e. The minimum atomic E-state index is 0.760. The van der Waals surface area contributed by atoms with Gasteiger partial charge in [0.2, 0.25) is 0 Å². The van der Waals surface area contributed by atoms with E-state index in [-0.39, 0.29) is 0 Å². The van der Waals surface area contributed by atoms with E-state index in [0.29, 0.717) is 0 Å². The summed E-state index contributed by atoms with van der Waals surface area (Å²) < 4.78 is 6.28. The van der Waals surface area contributed by atoms with E-state index in [4.69, 9.17) is 4.74 Å². The van der Waals surface area contributed by atoms with Gasteiger partial charge in [-0.25, -0.2) is 0 Å². The van der Waals surface area contributed by atoms with E-state index in [2.05, 4.69) is 4.90 Å². The van der Waals surface area contributed by atoms with Gasteiger partial charge in [0.25, 0.3) is 0 Å². The number of aromatic nitrogens is 1. The number of hydrogen-bond donors (Lipinski definition) is 0. The molecule has 1 aliphatic heterocycles. The van der Waals surface area contributed by atoms with E-state index < -0.39 is 0 Å². The van der Waals surface area contributed by atoms with Crippen LogP contribution in [0.15, 0.2) is 30.5 Å². The lowest BCUT2D eigenvalue weighted by molar-refractivity contribution is 0.0340. The van der Waals surface area contributed by atoms with Crippen molar-refractivity contribution in [2.24, 2.45) is 0 Å². The van der Waals surface area contributed by atoms with Crippen LogP contribution in [0.2, 0.25) is 0 Å². The van der Waals surface area contributed by atoms with Gasteiger partial charge in [0.1, 0.15) is 0 Å². The first kappa shape index (κ1) is 10.6. The topological polar surface area (TPSA) is 37.3 Å². The standard InChI is InChI=1S/C13H15N2O2/c16-15-10-11(9-14-5-7-17-8-6-14)12-3-1-2-4-13(12)15/h1-4,10H,5-9H2. The predicted molar refractivity (Wildman–Crippen MR) is 64.1 cm³/mol. The van der Waals surface area contributed by atoms with Crippen LogP contribution in [-0.4, -0.2) is 35.9 Å². The van der Waals surface area contributed by atoms with Crippen molar-refractivity contribution in [1.29, 1.82) is 0 Å². The van der Waals surface area contributed by atoms with Gasteiger partial charge in [0, 0.05) is 25.0 Å². The van der Waals surface area contributed by atoms with Gasteiger partial charge < -0.3 is 4.74 Å². The summed E-state index contributed by atoms with van der Waals surface area (Å²) in [5.41, 5.74) is 1.87. The summed E-state index contributed by atoms with van der Waals surface area (Å²) in [6, 6.07) is 7.76. The maximum absolute atomic E-state index is 11.7. The van der Waals surface area contributed by atoms with E-state index in [0.717, 1.165) is 54.0 Å². The molecule has 3 rings (SSSR count). The minimum Gasteiger partial charge on any atom is -0.379 e. The molecule has 1 fully saturated rings. The van der Waals surface area contributed by atoms with Crippen molar-refractivity contribution in [2.75, 3.05) is 26.3 Å². The molecule has 0 unspecified atom stereocenters. The fourth-order valence-corrected chi connectivity index (χ4v) is 2.34. The molecule has 1 aromatic carbocycles. The fraction of sp³-hybridized carbons (Fsp3) is 0.385. The van der Waals surface area contributed by atoms with E-state index in [1.54, 1.807) is 6.20 Å². The molecule has 2 aromatic rings. The zero-order valence-corrected chi connectivity index (χ0v) is 9.63. The van der Waals surface area contributed by atoms with Gasteiger partial charge in [0.05, 0.1) is 24.9 Å². The second kappa shape index (κ2) is 4.39. The molecule has 1 saturated heterocycles. The molecule has 0 atom stereocenters. The van der Waals surface area contributed by atoms with Gasteiger partial charge in [-0.2, -0.15) is 5.21 Å². The summed E-state index contributed by atoms with van der Waals surface area (Å²) in [6.07, 6.45) is 1.69. The Hall–Kier alpha value is -1.52. The molecule has 1 aromatic heterocycles. The van der Waals surface area contributed by atoms with E-state index >= 15 is 0 Å². The zero-order chi connectivity index (χ0) is 11.7. The Balaban J connectivity index is 1.89. The average Bonchev–Trinajstić information content (AvgIpc) is 2.69. The van der Waals surface area contributed by atoms with Crippen molar-refractivity contribution in [3.05, 3.63) is 36.0 Å². The van der Waals surface area contributed by atoms with Crippen LogP contribution in [0.4, 0.5) is 0 Å². The molecule has 4 nitrogen and oxygen atoms in total. The first-order valence-corrected chi connectivity index (χ1v) is 5.91. The Morgan fingerprint density at radius 3 is 2.76 bits per heavy atom. The van der Waals surface area contributed by atoms with Crippen LogP contribution in [0.1, 0.15) is 5.56 Å². The van der Waals surface area contributed by atoms with E-state index in [1.807, 2.05) is 24.3 Å². The Bertz CT molecular complexity index is 515. The molecule has 4 heteroatoms. The van der Waals surface area contributed by atoms with Gasteiger partial charge in [0.15, 0.2) is 0 Å². The molecule has 0 amide bonds. The Morgan fingerprint density at radius 2 is 1.94 bits per heavy atom. The number of benzene rings is 1. The quantitative estimate of drug-likeness (QED) is 0.788. The van der Waals surface area contributed by atoms with Crippen molar-refractivity contribution < 1.29 is 9.94 Å². The van der Waals surface area contributed by atoms with E-state index in [1.165, 1.54) is 0 Å². The van der Waals surface area contributed by atoms with Crippen LogP contribution in [-0.2, 0) is 16.5 Å². The van der Waals surface area contributed by atoms with Crippen LogP contribution in [0.25, 0.3) is 10.9 Å². The number of para-hydroxylation sites is 1. The lowest BCUT2D eigenvalue weighted by atomic mass is 10.1. The lowest BCUT2D eigenvalue weighted by Gasteiger charge is -2.26. The maximum atomic E-state index is 11.7. The zero-order valence-electron chi connectivity index (χ0n) is 9.63. The van der Waals surface area contributed by atoms with E-state index in [9.17, 15) is 5.21 Å². The normalized spacial score (nSPS) is 17.6. The first-order valence-electron chi connectivity index (χ1n) is 5.91. The summed E-state index contributed by atoms with van der Waals surface area (Å²) in [7, 11) is 0. The molecule has 89 valence electrons. The van der Waals surface area contributed by atoms with Crippen molar-refractivity contribution in [3.8, 4) is 0 Å². The Morgan fingerprint density at radius 1 is 1.18 bits per heavy atom.